The molecule has 0 saturated heterocycles. The van der Waals surface area contributed by atoms with Crippen LogP contribution in [0.4, 0.5) is 17.3 Å². The number of rotatable bonds is 2. The van der Waals surface area contributed by atoms with Crippen LogP contribution in [0.3, 0.4) is 0 Å². The minimum absolute atomic E-state index is 0. The van der Waals surface area contributed by atoms with Gasteiger partial charge in [-0.3, -0.25) is 0 Å². The predicted octanol–water partition coefficient (Wildman–Crippen LogP) is -2.32. The van der Waals surface area contributed by atoms with Gasteiger partial charge in [0.1, 0.15) is 12.1 Å². The van der Waals surface area contributed by atoms with Gasteiger partial charge in [-0.25, -0.2) is 19.2 Å². The van der Waals surface area contributed by atoms with E-state index < -0.39 is 19.2 Å². The molecule has 0 saturated carbocycles. The predicted molar refractivity (Wildman–Crippen MR) is 49.3 cm³/mol. The molecule has 0 aromatic rings. The first kappa shape index (κ1) is 26.9. The largest absolute Gasteiger partial charge is 1.00 e. The first-order valence-corrected chi connectivity index (χ1v) is 3.93. The molecule has 0 aliphatic rings. The van der Waals surface area contributed by atoms with Crippen molar-refractivity contribution in [2.24, 2.45) is 8.80 Å². The van der Waals surface area contributed by atoms with Gasteiger partial charge in [0.25, 0.3) is 0 Å². The fourth-order valence-electron chi connectivity index (χ4n) is 0.0537. The van der Waals surface area contributed by atoms with Crippen LogP contribution in [0.1, 0.15) is 0 Å². The van der Waals surface area contributed by atoms with Crippen molar-refractivity contribution in [3.8, 4) is 0 Å². The van der Waals surface area contributed by atoms with E-state index in [1.54, 1.807) is 0 Å². The van der Waals surface area contributed by atoms with Crippen LogP contribution in [0.2, 0.25) is 0 Å². The van der Waals surface area contributed by atoms with Crippen molar-refractivity contribution in [2.45, 2.75) is 0 Å². The molecule has 0 aromatic carbocycles. The summed E-state index contributed by atoms with van der Waals surface area (Å²) in [6, 6.07) is 0. The number of carboxylic acids is 2. The van der Waals surface area contributed by atoms with Crippen molar-refractivity contribution < 1.29 is 98.0 Å². The summed E-state index contributed by atoms with van der Waals surface area (Å²) in [7, 11) is -6.00. The van der Waals surface area contributed by atoms with Crippen LogP contribution in [-0.2, 0) is 19.2 Å². The smallest absolute Gasteiger partial charge is 0.473 e. The zero-order valence-electron chi connectivity index (χ0n) is 8.92. The van der Waals surface area contributed by atoms with Crippen LogP contribution in [0.25, 0.3) is 0 Å². The van der Waals surface area contributed by atoms with Gasteiger partial charge in [-0.2, -0.15) is 0 Å². The maximum atomic E-state index is 9.75. The maximum absolute atomic E-state index is 9.75. The van der Waals surface area contributed by atoms with E-state index in [0.717, 1.165) is 0 Å². The molecular formula is C4H2BF4KN2O6S. The van der Waals surface area contributed by atoms with Gasteiger partial charge < -0.3 is 27.5 Å². The van der Waals surface area contributed by atoms with Crippen LogP contribution in [0.5, 0.6) is 0 Å². The van der Waals surface area contributed by atoms with Crippen LogP contribution in [0, 0.1) is 0 Å². The van der Waals surface area contributed by atoms with E-state index >= 15 is 0 Å². The summed E-state index contributed by atoms with van der Waals surface area (Å²) in [5.41, 5.74) is 0. The Kier molecular flexibility index (Phi) is 24.8. The fourth-order valence-corrected chi connectivity index (χ4v) is 0.161. The first-order chi connectivity index (χ1) is 8.06. The summed E-state index contributed by atoms with van der Waals surface area (Å²) in [5, 5.41) is 14.8. The average molecular weight is 332 g/mol. The summed E-state index contributed by atoms with van der Waals surface area (Å²) in [6.07, 6.45) is 2.34. The van der Waals surface area contributed by atoms with E-state index in [1.165, 1.54) is 12.2 Å². The monoisotopic (exact) mass is 332 g/mol. The van der Waals surface area contributed by atoms with E-state index in [2.05, 4.69) is 8.80 Å². The van der Waals surface area contributed by atoms with Gasteiger partial charge in [-0.05, 0) is 0 Å². The molecule has 0 aliphatic heterocycles. The van der Waals surface area contributed by atoms with Crippen molar-refractivity contribution in [1.82, 2.24) is 0 Å². The van der Waals surface area contributed by atoms with Gasteiger partial charge in [0, 0.05) is 0 Å². The average Bonchev–Trinajstić information content (AvgIpc) is 2.17. The molecule has 15 heteroatoms. The topological polar surface area (TPSA) is 133 Å². The van der Waals surface area contributed by atoms with Gasteiger partial charge in [-0.1, -0.05) is 0 Å². The molecule has 2 N–H and O–H groups in total. The molecule has 8 nitrogen and oxygen atoms in total. The molecule has 0 unspecified atom stereocenters. The quantitative estimate of drug-likeness (QED) is 0.145. The molecule has 0 radical (unpaired) electrons. The summed E-state index contributed by atoms with van der Waals surface area (Å²) in [6.45, 7) is 0. The Hall–Kier alpha value is -0.529. The van der Waals surface area contributed by atoms with Crippen molar-refractivity contribution in [2.75, 3.05) is 0 Å². The Labute approximate surface area is 149 Å². The normalized spacial score (nSPS) is 7.58. The Bertz CT molecular complexity index is 335. The third kappa shape index (κ3) is 74.9. The van der Waals surface area contributed by atoms with Crippen molar-refractivity contribution in [1.29, 1.82) is 0 Å². The summed E-state index contributed by atoms with van der Waals surface area (Å²) >= 11 is 0.456. The molecule has 19 heavy (non-hydrogen) atoms. The standard InChI is InChI=1S/C2N2O2S.C2H2O4.BF4.K/c5-1-3-7-4-2-6;3-1(4)2(5)6;2-1(3,4)5;/h;(H,3,4)(H,5,6);;/q;;-1;+1. The van der Waals surface area contributed by atoms with Crippen molar-refractivity contribution in [3.05, 3.63) is 0 Å². The summed E-state index contributed by atoms with van der Waals surface area (Å²) in [4.78, 5) is 36.6. The zero-order chi connectivity index (χ0) is 15.2. The second-order valence-corrected chi connectivity index (χ2v) is 2.08. The van der Waals surface area contributed by atoms with Crippen LogP contribution in [0.15, 0.2) is 8.80 Å². The molecule has 0 bridgehead atoms. The van der Waals surface area contributed by atoms with Gasteiger partial charge in [-0.15, -0.1) is 8.80 Å². The molecule has 0 atom stereocenters. The Morgan fingerprint density at radius 2 is 1.16 bits per heavy atom. The molecule has 0 aromatic heterocycles. The van der Waals surface area contributed by atoms with Gasteiger partial charge in [0.05, 0.1) is 0 Å². The van der Waals surface area contributed by atoms with E-state index in [9.17, 15) is 26.9 Å². The molecule has 0 aliphatic carbocycles. The van der Waals surface area contributed by atoms with Crippen LogP contribution < -0.4 is 51.4 Å². The zero-order valence-corrected chi connectivity index (χ0v) is 12.9. The SMILES string of the molecule is F[B-](F)(F)F.O=C(O)C(=O)O.O=C=NSN=C=O.[K+]. The van der Waals surface area contributed by atoms with Crippen LogP contribution >= 0.6 is 12.1 Å². The van der Waals surface area contributed by atoms with Crippen molar-refractivity contribution >= 4 is 43.5 Å². The number of nitrogens with zero attached hydrogens (tertiary/aromatic N) is 2. The number of isocyanates is 2. The number of carbonyl (C=O) groups excluding carboxylic acids is 2. The Morgan fingerprint density at radius 3 is 1.26 bits per heavy atom. The fraction of sp³-hybridized carbons (Fsp3) is 0. The summed E-state index contributed by atoms with van der Waals surface area (Å²) < 4.78 is 44.7. The van der Waals surface area contributed by atoms with Gasteiger partial charge >= 0.3 is 70.6 Å². The van der Waals surface area contributed by atoms with Gasteiger partial charge in [0.15, 0.2) is 0 Å². The number of carbonyl (C=O) groups is 2. The minimum Gasteiger partial charge on any atom is -0.473 e. The van der Waals surface area contributed by atoms with E-state index in [-0.39, 0.29) is 51.4 Å². The molecule has 0 amide bonds. The molecule has 0 spiro atoms. The third-order valence-corrected chi connectivity index (χ3v) is 0.652. The van der Waals surface area contributed by atoms with E-state index in [0.29, 0.717) is 12.1 Å². The third-order valence-electron chi connectivity index (χ3n) is 0.339. The second-order valence-electron chi connectivity index (χ2n) is 1.55. The van der Waals surface area contributed by atoms with Gasteiger partial charge in [0.2, 0.25) is 12.2 Å². The number of halogens is 4. The second kappa shape index (κ2) is 17.5. The number of carboxylic acid groups (broad SMARTS) is 2. The summed E-state index contributed by atoms with van der Waals surface area (Å²) in [5.74, 6) is -3.65. The first-order valence-electron chi connectivity index (χ1n) is 3.20. The van der Waals surface area contributed by atoms with E-state index in [1.807, 2.05) is 0 Å². The van der Waals surface area contributed by atoms with E-state index in [4.69, 9.17) is 19.8 Å². The molecule has 102 valence electrons. The molecule has 0 heterocycles. The molecule has 0 fully saturated rings. The Morgan fingerprint density at radius 1 is 0.947 bits per heavy atom. The number of aliphatic carboxylic acids is 2. The molecular weight excluding hydrogens is 330 g/mol. The van der Waals surface area contributed by atoms with Crippen LogP contribution in [-0.4, -0.2) is 41.6 Å². The minimum atomic E-state index is -6.00. The molecule has 0 rings (SSSR count). The maximum Gasteiger partial charge on any atom is 1.00 e. The van der Waals surface area contributed by atoms with Crippen molar-refractivity contribution in [3.63, 3.8) is 0 Å². The number of hydrogen-bond donors (Lipinski definition) is 2. The Balaban J connectivity index is -0.0000000878. The number of hydrogen-bond acceptors (Lipinski definition) is 7.